The van der Waals surface area contributed by atoms with Crippen molar-refractivity contribution in [2.75, 3.05) is 36.8 Å². The van der Waals surface area contributed by atoms with E-state index in [1.807, 2.05) is 12.1 Å². The molecule has 28 heavy (non-hydrogen) atoms. The molecule has 2 heterocycles. The fourth-order valence-corrected chi connectivity index (χ4v) is 4.04. The van der Waals surface area contributed by atoms with Gasteiger partial charge in [0.05, 0.1) is 4.76 Å². The van der Waals surface area contributed by atoms with Crippen LogP contribution in [0.5, 0.6) is 0 Å². The Balaban J connectivity index is 1.25. The maximum Gasteiger partial charge on any atom is 0.540 e. The first-order valence-electron chi connectivity index (χ1n) is 9.75. The van der Waals surface area contributed by atoms with Gasteiger partial charge in [0.1, 0.15) is 5.82 Å². The molecule has 0 radical (unpaired) electrons. The third kappa shape index (κ3) is 3.89. The first kappa shape index (κ1) is 18.6. The van der Waals surface area contributed by atoms with E-state index < -0.39 is 6.03 Å². The Hall–Kier alpha value is -2.80. The maximum absolute atomic E-state index is 12.9. The lowest BCUT2D eigenvalue weighted by molar-refractivity contribution is -0.344. The van der Waals surface area contributed by atoms with Crippen LogP contribution in [0.1, 0.15) is 30.7 Å². The van der Waals surface area contributed by atoms with E-state index in [0.717, 1.165) is 56.7 Å². The molecule has 0 aromatic heterocycles. The molecule has 2 amide bonds. The van der Waals surface area contributed by atoms with Crippen molar-refractivity contribution in [3.8, 4) is 0 Å². The third-order valence-corrected chi connectivity index (χ3v) is 5.56. The van der Waals surface area contributed by atoms with Gasteiger partial charge in [-0.05, 0) is 75.1 Å². The number of nitrogens with one attached hydrogen (secondary N) is 2. The van der Waals surface area contributed by atoms with Gasteiger partial charge in [0.2, 0.25) is 5.69 Å². The van der Waals surface area contributed by atoms with Crippen LogP contribution in [0.25, 0.3) is 0 Å². The average molecular weight is 383 g/mol. The first-order chi connectivity index (χ1) is 13.6. The zero-order valence-electron chi connectivity index (χ0n) is 15.7. The molecular formula is C21H24FN4O2+. The maximum atomic E-state index is 12.9. The van der Waals surface area contributed by atoms with Crippen LogP contribution in [-0.2, 0) is 0 Å². The Labute approximate surface area is 163 Å². The van der Waals surface area contributed by atoms with Crippen LogP contribution in [0.15, 0.2) is 42.5 Å². The van der Waals surface area contributed by atoms with Crippen LogP contribution in [0.3, 0.4) is 0 Å². The largest absolute Gasteiger partial charge is 0.540 e. The molecule has 2 aromatic rings. The van der Waals surface area contributed by atoms with Gasteiger partial charge >= 0.3 is 6.03 Å². The molecule has 146 valence electrons. The molecule has 6 nitrogen and oxygen atoms in total. The topological polar surface area (TPSA) is 64.5 Å². The lowest BCUT2D eigenvalue weighted by Gasteiger charge is -2.32. The predicted octanol–water partition coefficient (Wildman–Crippen LogP) is 4.46. The fourth-order valence-electron chi connectivity index (χ4n) is 4.04. The number of piperidine rings is 1. The standard InChI is InChI=1S/C21H23FN4O2/c22-16-5-7-17(8-6-16)23-11-2-12-25-13-9-15(10-14-25)18-3-1-4-19-20(18)24-21(27)26(19)28/h1,3-8,15,23H,2,9-14H2/p+1. The number of urea groups is 1. The molecule has 2 aromatic carbocycles. The highest BCUT2D eigenvalue weighted by molar-refractivity contribution is 5.95. The van der Waals surface area contributed by atoms with Crippen molar-refractivity contribution < 1.29 is 13.9 Å². The zero-order chi connectivity index (χ0) is 19.5. The van der Waals surface area contributed by atoms with E-state index in [4.69, 9.17) is 0 Å². The minimum atomic E-state index is -0.603. The Morgan fingerprint density at radius 1 is 1.14 bits per heavy atom. The third-order valence-electron chi connectivity index (χ3n) is 5.56. The Kier molecular flexibility index (Phi) is 5.34. The fraction of sp³-hybridized carbons (Fsp3) is 0.381. The summed E-state index contributed by atoms with van der Waals surface area (Å²) in [6.07, 6.45) is 3.04. The number of carbonyl (C=O) groups is 1. The summed E-state index contributed by atoms with van der Waals surface area (Å²) in [6.45, 7) is 3.86. The van der Waals surface area contributed by atoms with E-state index in [-0.39, 0.29) is 5.82 Å². The summed E-state index contributed by atoms with van der Waals surface area (Å²) in [4.78, 5) is 25.9. The molecule has 2 aliphatic heterocycles. The van der Waals surface area contributed by atoms with Crippen LogP contribution in [0.4, 0.5) is 26.2 Å². The van der Waals surface area contributed by atoms with E-state index in [1.54, 1.807) is 18.2 Å². The molecule has 4 rings (SSSR count). The second kappa shape index (κ2) is 8.06. The second-order valence-corrected chi connectivity index (χ2v) is 7.37. The van der Waals surface area contributed by atoms with Gasteiger partial charge in [0.15, 0.2) is 5.69 Å². The predicted molar refractivity (Wildman–Crippen MR) is 107 cm³/mol. The van der Waals surface area contributed by atoms with E-state index in [2.05, 4.69) is 15.5 Å². The van der Waals surface area contributed by atoms with Crippen LogP contribution in [-0.4, -0.2) is 41.9 Å². The Morgan fingerprint density at radius 3 is 2.64 bits per heavy atom. The van der Waals surface area contributed by atoms with Gasteiger partial charge in [-0.15, -0.1) is 0 Å². The minimum Gasteiger partial charge on any atom is -0.385 e. The van der Waals surface area contributed by atoms with Gasteiger partial charge in [-0.3, -0.25) is 0 Å². The number of nitrogens with zero attached hydrogens (tertiary/aromatic N) is 2. The van der Waals surface area contributed by atoms with Gasteiger partial charge in [-0.25, -0.2) is 4.39 Å². The zero-order valence-corrected chi connectivity index (χ0v) is 15.7. The van der Waals surface area contributed by atoms with Gasteiger partial charge < -0.3 is 10.2 Å². The molecular weight excluding hydrogens is 359 g/mol. The summed E-state index contributed by atoms with van der Waals surface area (Å²) in [5.41, 5.74) is 3.12. The van der Waals surface area contributed by atoms with Crippen molar-refractivity contribution in [1.82, 2.24) is 4.90 Å². The molecule has 0 unspecified atom stereocenters. The smallest absolute Gasteiger partial charge is 0.385 e. The molecule has 1 fully saturated rings. The van der Waals surface area contributed by atoms with E-state index in [9.17, 15) is 14.1 Å². The second-order valence-electron chi connectivity index (χ2n) is 7.37. The van der Waals surface area contributed by atoms with Crippen molar-refractivity contribution >= 4 is 23.1 Å². The number of amides is 2. The van der Waals surface area contributed by atoms with Gasteiger partial charge in [-0.1, -0.05) is 17.0 Å². The lowest BCUT2D eigenvalue weighted by atomic mass is 9.88. The van der Waals surface area contributed by atoms with Crippen molar-refractivity contribution in [2.45, 2.75) is 25.2 Å². The number of fused-ring (bicyclic) bond motifs is 1. The van der Waals surface area contributed by atoms with Crippen LogP contribution in [0.2, 0.25) is 0 Å². The van der Waals surface area contributed by atoms with E-state index in [1.165, 1.54) is 12.1 Å². The molecule has 7 heteroatoms. The number of rotatable bonds is 6. The van der Waals surface area contributed by atoms with E-state index in [0.29, 0.717) is 22.1 Å². The van der Waals surface area contributed by atoms with Crippen molar-refractivity contribution in [3.63, 3.8) is 0 Å². The number of likely N-dealkylation sites (tertiary alicyclic amines) is 1. The highest BCUT2D eigenvalue weighted by Crippen LogP contribution is 2.40. The van der Waals surface area contributed by atoms with Crippen molar-refractivity contribution in [2.24, 2.45) is 0 Å². The number of carbonyl (C=O) groups excluding carboxylic acids is 1. The summed E-state index contributed by atoms with van der Waals surface area (Å²) >= 11 is 0. The average Bonchev–Trinajstić information content (AvgIpc) is 3.01. The highest BCUT2D eigenvalue weighted by atomic mass is 19.1. The van der Waals surface area contributed by atoms with Crippen LogP contribution < -0.4 is 10.6 Å². The summed E-state index contributed by atoms with van der Waals surface area (Å²) in [5.74, 6) is 0.135. The summed E-state index contributed by atoms with van der Waals surface area (Å²) in [5, 5.41) is 6.03. The molecule has 2 N–H and O–H groups in total. The highest BCUT2D eigenvalue weighted by Gasteiger charge is 2.39. The molecule has 0 saturated carbocycles. The number of halogens is 1. The summed E-state index contributed by atoms with van der Waals surface area (Å²) < 4.78 is 13.3. The Morgan fingerprint density at radius 2 is 1.89 bits per heavy atom. The number of para-hydroxylation sites is 1. The monoisotopic (exact) mass is 383 g/mol. The van der Waals surface area contributed by atoms with Gasteiger partial charge in [0.25, 0.3) is 0 Å². The van der Waals surface area contributed by atoms with Gasteiger partial charge in [0, 0.05) is 17.8 Å². The number of hydrogen-bond acceptors (Lipinski definition) is 4. The lowest BCUT2D eigenvalue weighted by Crippen LogP contribution is -2.34. The molecule has 2 aliphatic rings. The minimum absolute atomic E-state index is 0.222. The van der Waals surface area contributed by atoms with Gasteiger partial charge in [-0.2, -0.15) is 10.1 Å². The van der Waals surface area contributed by atoms with Crippen LogP contribution >= 0.6 is 0 Å². The Bertz CT molecular complexity index is 876. The SMILES string of the molecule is O=C1Nc2c(C3CCN(CCCNc4ccc(F)cc4)CC3)cccc2[N+]1=O. The number of hydrogen-bond donors (Lipinski definition) is 2. The number of anilines is 2. The normalized spacial score (nSPS) is 17.5. The molecule has 0 spiro atoms. The van der Waals surface area contributed by atoms with E-state index >= 15 is 0 Å². The summed E-state index contributed by atoms with van der Waals surface area (Å²) in [7, 11) is 0. The molecule has 1 saturated heterocycles. The molecule has 0 bridgehead atoms. The quantitative estimate of drug-likeness (QED) is 0.571. The van der Waals surface area contributed by atoms with Crippen molar-refractivity contribution in [3.05, 3.63) is 58.8 Å². The van der Waals surface area contributed by atoms with Crippen molar-refractivity contribution in [1.29, 1.82) is 0 Å². The molecule has 0 aliphatic carbocycles. The first-order valence-corrected chi connectivity index (χ1v) is 9.75. The summed E-state index contributed by atoms with van der Waals surface area (Å²) in [6, 6.07) is 11.4. The molecule has 0 atom stereocenters. The number of nitroso groups, excluding NO2 is 1. The number of benzene rings is 2. The van der Waals surface area contributed by atoms with Crippen LogP contribution in [0, 0.1) is 10.7 Å².